The van der Waals surface area contributed by atoms with E-state index in [0.717, 1.165) is 17.5 Å². The Balaban J connectivity index is 1.53. The third kappa shape index (κ3) is 4.43. The number of benzene rings is 2. The highest BCUT2D eigenvalue weighted by Gasteiger charge is 2.14. The SMILES string of the molecule is O=C(NCCc1ccccc1)c1nnc(Cc2cccc(Cl)c2)o1. The minimum absolute atomic E-state index is 0.0277. The van der Waals surface area contributed by atoms with Crippen LogP contribution in [0.4, 0.5) is 0 Å². The van der Waals surface area contributed by atoms with Crippen molar-refractivity contribution in [1.82, 2.24) is 15.5 Å². The summed E-state index contributed by atoms with van der Waals surface area (Å²) in [6.45, 7) is 0.509. The fraction of sp³-hybridized carbons (Fsp3) is 0.167. The molecule has 0 saturated carbocycles. The second-order valence-corrected chi connectivity index (χ2v) is 5.74. The lowest BCUT2D eigenvalue weighted by atomic mass is 10.1. The number of halogens is 1. The molecule has 0 aliphatic heterocycles. The first-order valence-corrected chi connectivity index (χ1v) is 7.97. The van der Waals surface area contributed by atoms with Crippen LogP contribution in [0.3, 0.4) is 0 Å². The van der Waals surface area contributed by atoms with Crippen LogP contribution in [0, 0.1) is 0 Å². The van der Waals surface area contributed by atoms with Crippen molar-refractivity contribution in [3.05, 3.63) is 82.5 Å². The Morgan fingerprint density at radius 2 is 1.83 bits per heavy atom. The number of hydrogen-bond donors (Lipinski definition) is 1. The monoisotopic (exact) mass is 341 g/mol. The van der Waals surface area contributed by atoms with E-state index in [1.807, 2.05) is 48.5 Å². The number of carbonyl (C=O) groups excluding carboxylic acids is 1. The molecule has 122 valence electrons. The van der Waals surface area contributed by atoms with Crippen LogP contribution in [-0.2, 0) is 12.8 Å². The van der Waals surface area contributed by atoms with Crippen molar-refractivity contribution in [2.75, 3.05) is 6.54 Å². The van der Waals surface area contributed by atoms with Crippen molar-refractivity contribution >= 4 is 17.5 Å². The molecule has 1 heterocycles. The first-order chi connectivity index (χ1) is 11.7. The molecule has 0 spiro atoms. The number of carbonyl (C=O) groups is 1. The van der Waals surface area contributed by atoms with Gasteiger partial charge < -0.3 is 9.73 Å². The molecule has 0 aliphatic carbocycles. The third-order valence-electron chi connectivity index (χ3n) is 3.45. The number of nitrogens with one attached hydrogen (secondary N) is 1. The van der Waals surface area contributed by atoms with Gasteiger partial charge >= 0.3 is 11.8 Å². The average Bonchev–Trinajstić information content (AvgIpc) is 3.04. The fourth-order valence-corrected chi connectivity index (χ4v) is 2.49. The number of aromatic nitrogens is 2. The van der Waals surface area contributed by atoms with Crippen LogP contribution in [0.2, 0.25) is 5.02 Å². The lowest BCUT2D eigenvalue weighted by Crippen LogP contribution is -2.26. The van der Waals surface area contributed by atoms with E-state index in [1.54, 1.807) is 6.07 Å². The Morgan fingerprint density at radius 3 is 2.62 bits per heavy atom. The van der Waals surface area contributed by atoms with Gasteiger partial charge in [-0.05, 0) is 29.7 Å². The molecule has 2 aromatic carbocycles. The summed E-state index contributed by atoms with van der Waals surface area (Å²) in [5.74, 6) is -0.0126. The summed E-state index contributed by atoms with van der Waals surface area (Å²) in [5.41, 5.74) is 2.10. The maximum atomic E-state index is 12.0. The third-order valence-corrected chi connectivity index (χ3v) is 3.68. The van der Waals surface area contributed by atoms with Gasteiger partial charge in [0.1, 0.15) is 0 Å². The molecular formula is C18H16ClN3O2. The molecule has 0 radical (unpaired) electrons. The largest absolute Gasteiger partial charge is 0.417 e. The molecule has 0 atom stereocenters. The Hall–Kier alpha value is -2.66. The zero-order valence-corrected chi connectivity index (χ0v) is 13.7. The fourth-order valence-electron chi connectivity index (χ4n) is 2.28. The molecular weight excluding hydrogens is 326 g/mol. The van der Waals surface area contributed by atoms with E-state index in [2.05, 4.69) is 15.5 Å². The van der Waals surface area contributed by atoms with Gasteiger partial charge in [0, 0.05) is 11.6 Å². The van der Waals surface area contributed by atoms with Gasteiger partial charge in [0.2, 0.25) is 5.89 Å². The van der Waals surface area contributed by atoms with E-state index < -0.39 is 0 Å². The molecule has 0 saturated heterocycles. The number of rotatable bonds is 6. The summed E-state index contributed by atoms with van der Waals surface area (Å²) in [6, 6.07) is 17.3. The molecule has 3 aromatic rings. The smallest absolute Gasteiger partial charge is 0.308 e. The van der Waals surface area contributed by atoms with Gasteiger partial charge in [-0.2, -0.15) is 0 Å². The lowest BCUT2D eigenvalue weighted by Gasteiger charge is -2.02. The van der Waals surface area contributed by atoms with Gasteiger partial charge in [0.15, 0.2) is 0 Å². The second kappa shape index (κ2) is 7.75. The summed E-state index contributed by atoms with van der Waals surface area (Å²) in [7, 11) is 0. The predicted octanol–water partition coefficient (Wildman–Crippen LogP) is 3.29. The highest BCUT2D eigenvalue weighted by molar-refractivity contribution is 6.30. The van der Waals surface area contributed by atoms with Crippen LogP contribution < -0.4 is 5.32 Å². The van der Waals surface area contributed by atoms with Crippen molar-refractivity contribution < 1.29 is 9.21 Å². The molecule has 1 N–H and O–H groups in total. The van der Waals surface area contributed by atoms with Gasteiger partial charge in [-0.25, -0.2) is 0 Å². The molecule has 6 heteroatoms. The van der Waals surface area contributed by atoms with Crippen LogP contribution in [-0.4, -0.2) is 22.6 Å². The predicted molar refractivity (Wildman–Crippen MR) is 91.0 cm³/mol. The van der Waals surface area contributed by atoms with Crippen LogP contribution >= 0.6 is 11.6 Å². The number of hydrogen-bond acceptors (Lipinski definition) is 4. The van der Waals surface area contributed by atoms with Gasteiger partial charge in [0.05, 0.1) is 6.42 Å². The van der Waals surface area contributed by atoms with E-state index >= 15 is 0 Å². The Labute approximate surface area is 144 Å². The van der Waals surface area contributed by atoms with Crippen molar-refractivity contribution in [2.24, 2.45) is 0 Å². The Morgan fingerprint density at radius 1 is 1.04 bits per heavy atom. The van der Waals surface area contributed by atoms with Crippen molar-refractivity contribution in [3.63, 3.8) is 0 Å². The molecule has 0 aliphatic rings. The quantitative estimate of drug-likeness (QED) is 0.747. The van der Waals surface area contributed by atoms with E-state index in [-0.39, 0.29) is 11.8 Å². The van der Waals surface area contributed by atoms with Crippen molar-refractivity contribution in [3.8, 4) is 0 Å². The van der Waals surface area contributed by atoms with E-state index in [0.29, 0.717) is 23.9 Å². The maximum absolute atomic E-state index is 12.0. The second-order valence-electron chi connectivity index (χ2n) is 5.30. The van der Waals surface area contributed by atoms with Gasteiger partial charge in [0.25, 0.3) is 0 Å². The van der Waals surface area contributed by atoms with Crippen molar-refractivity contribution in [1.29, 1.82) is 0 Å². The van der Waals surface area contributed by atoms with Crippen molar-refractivity contribution in [2.45, 2.75) is 12.8 Å². The minimum atomic E-state index is -0.365. The summed E-state index contributed by atoms with van der Waals surface area (Å²) in [6.07, 6.45) is 1.18. The van der Waals surface area contributed by atoms with Crippen LogP contribution in [0.5, 0.6) is 0 Å². The number of nitrogens with zero attached hydrogens (tertiary/aromatic N) is 2. The standard InChI is InChI=1S/C18H16ClN3O2/c19-15-8-4-7-14(11-15)12-16-21-22-18(24-16)17(23)20-10-9-13-5-2-1-3-6-13/h1-8,11H,9-10,12H2,(H,20,23). The van der Waals surface area contributed by atoms with Crippen LogP contribution in [0.1, 0.15) is 27.7 Å². The average molecular weight is 342 g/mol. The van der Waals surface area contributed by atoms with E-state index in [9.17, 15) is 4.79 Å². The maximum Gasteiger partial charge on any atom is 0.308 e. The molecule has 3 rings (SSSR count). The summed E-state index contributed by atoms with van der Waals surface area (Å²) in [4.78, 5) is 12.0. The Kier molecular flexibility index (Phi) is 5.23. The van der Waals surface area contributed by atoms with Gasteiger partial charge in [-0.3, -0.25) is 4.79 Å². The summed E-state index contributed by atoms with van der Waals surface area (Å²) < 4.78 is 5.41. The zero-order chi connectivity index (χ0) is 16.8. The molecule has 0 unspecified atom stereocenters. The zero-order valence-electron chi connectivity index (χ0n) is 12.9. The normalized spacial score (nSPS) is 10.5. The summed E-state index contributed by atoms with van der Waals surface area (Å²) in [5, 5.41) is 11.1. The van der Waals surface area contributed by atoms with Gasteiger partial charge in [-0.15, -0.1) is 10.2 Å². The molecule has 1 aromatic heterocycles. The lowest BCUT2D eigenvalue weighted by molar-refractivity contribution is 0.0918. The first kappa shape index (κ1) is 16.2. The molecule has 0 bridgehead atoms. The molecule has 1 amide bonds. The first-order valence-electron chi connectivity index (χ1n) is 7.59. The highest BCUT2D eigenvalue weighted by Crippen LogP contribution is 2.14. The van der Waals surface area contributed by atoms with Crippen LogP contribution in [0.25, 0.3) is 0 Å². The van der Waals surface area contributed by atoms with Gasteiger partial charge in [-0.1, -0.05) is 54.1 Å². The van der Waals surface area contributed by atoms with E-state index in [1.165, 1.54) is 0 Å². The number of amides is 1. The highest BCUT2D eigenvalue weighted by atomic mass is 35.5. The van der Waals surface area contributed by atoms with Crippen LogP contribution in [0.15, 0.2) is 59.0 Å². The Bertz CT molecular complexity index is 818. The molecule has 24 heavy (non-hydrogen) atoms. The topological polar surface area (TPSA) is 68.0 Å². The minimum Gasteiger partial charge on any atom is -0.417 e. The molecule has 5 nitrogen and oxygen atoms in total. The summed E-state index contributed by atoms with van der Waals surface area (Å²) >= 11 is 5.94. The molecule has 0 fully saturated rings. The van der Waals surface area contributed by atoms with E-state index in [4.69, 9.17) is 16.0 Å².